The molecule has 1 aliphatic rings. The summed E-state index contributed by atoms with van der Waals surface area (Å²) in [5, 5.41) is 5.52. The van der Waals surface area contributed by atoms with Gasteiger partial charge in [0.05, 0.1) is 0 Å². The smallest absolute Gasteiger partial charge is 0.0390 e. The molecule has 0 aliphatic carbocycles. The zero-order chi connectivity index (χ0) is 7.40. The van der Waals surface area contributed by atoms with Crippen molar-refractivity contribution in [3.63, 3.8) is 0 Å². The van der Waals surface area contributed by atoms with Gasteiger partial charge in [-0.1, -0.05) is 6.08 Å². The minimum Gasteiger partial charge on any atom is -0.308 e. The van der Waals surface area contributed by atoms with Crippen molar-refractivity contribution in [2.24, 2.45) is 0 Å². The molecule has 1 aliphatic heterocycles. The Kier molecular flexibility index (Phi) is 2.86. The molecule has 1 rings (SSSR count). The normalized spacial score (nSPS) is 28.3. The molecule has 3 heteroatoms. The van der Waals surface area contributed by atoms with E-state index in [0.717, 1.165) is 19.6 Å². The van der Waals surface area contributed by atoms with Gasteiger partial charge in [0.25, 0.3) is 0 Å². The van der Waals surface area contributed by atoms with Crippen molar-refractivity contribution in [1.82, 2.24) is 15.8 Å². The van der Waals surface area contributed by atoms with Gasteiger partial charge in [0, 0.05) is 25.7 Å². The molecule has 1 unspecified atom stereocenters. The molecule has 58 valence electrons. The number of nitrogens with zero attached hydrogens (tertiary/aromatic N) is 1. The lowest BCUT2D eigenvalue weighted by Gasteiger charge is -2.31. The number of hydrogen-bond acceptors (Lipinski definition) is 3. The monoisotopic (exact) mass is 141 g/mol. The van der Waals surface area contributed by atoms with E-state index in [-0.39, 0.29) is 0 Å². The first-order valence-corrected chi connectivity index (χ1v) is 3.65. The van der Waals surface area contributed by atoms with Crippen LogP contribution in [0.5, 0.6) is 0 Å². The van der Waals surface area contributed by atoms with Crippen LogP contribution in [0.3, 0.4) is 0 Å². The summed E-state index contributed by atoms with van der Waals surface area (Å²) in [7, 11) is 1.95. The lowest BCUT2D eigenvalue weighted by Crippen LogP contribution is -2.53. The highest BCUT2D eigenvalue weighted by Crippen LogP contribution is 1.94. The third-order valence-electron chi connectivity index (χ3n) is 1.81. The van der Waals surface area contributed by atoms with Gasteiger partial charge < -0.3 is 5.32 Å². The average molecular weight is 141 g/mol. The molecule has 1 saturated heterocycles. The van der Waals surface area contributed by atoms with E-state index in [1.165, 1.54) is 0 Å². The quantitative estimate of drug-likeness (QED) is 0.511. The third kappa shape index (κ3) is 1.80. The van der Waals surface area contributed by atoms with Crippen LogP contribution >= 0.6 is 0 Å². The summed E-state index contributed by atoms with van der Waals surface area (Å²) in [6.45, 7) is 6.86. The van der Waals surface area contributed by atoms with Crippen LogP contribution in [-0.2, 0) is 0 Å². The van der Waals surface area contributed by atoms with Gasteiger partial charge in [-0.2, -0.15) is 0 Å². The Morgan fingerprint density at radius 1 is 1.80 bits per heavy atom. The van der Waals surface area contributed by atoms with Crippen molar-refractivity contribution in [2.75, 3.05) is 26.7 Å². The maximum atomic E-state index is 3.74. The van der Waals surface area contributed by atoms with E-state index in [1.807, 2.05) is 13.1 Å². The van der Waals surface area contributed by atoms with Gasteiger partial charge in [-0.15, -0.1) is 6.58 Å². The molecule has 3 nitrogen and oxygen atoms in total. The van der Waals surface area contributed by atoms with Crippen LogP contribution in [0, 0.1) is 0 Å². The van der Waals surface area contributed by atoms with Gasteiger partial charge in [0.15, 0.2) is 0 Å². The Bertz CT molecular complexity index is 113. The second-order valence-corrected chi connectivity index (χ2v) is 2.47. The number of rotatable bonds is 2. The lowest BCUT2D eigenvalue weighted by molar-refractivity contribution is 0.163. The van der Waals surface area contributed by atoms with E-state index in [1.54, 1.807) is 0 Å². The van der Waals surface area contributed by atoms with Crippen LogP contribution in [0.4, 0.5) is 0 Å². The Labute approximate surface area is 62.1 Å². The molecule has 0 saturated carbocycles. The molecule has 10 heavy (non-hydrogen) atoms. The zero-order valence-electron chi connectivity index (χ0n) is 6.43. The summed E-state index contributed by atoms with van der Waals surface area (Å²) in [5.41, 5.74) is 3.11. The molecule has 1 atom stereocenters. The van der Waals surface area contributed by atoms with E-state index in [0.29, 0.717) is 6.04 Å². The highest BCUT2D eigenvalue weighted by atomic mass is 15.5. The molecule has 0 radical (unpaired) electrons. The number of hydrogen-bond donors (Lipinski definition) is 2. The number of piperazine rings is 1. The second-order valence-electron chi connectivity index (χ2n) is 2.47. The molecule has 0 amide bonds. The van der Waals surface area contributed by atoms with E-state index in [9.17, 15) is 0 Å². The standard InChI is InChI=1S/C7H15N3/c1-3-7-6-10(8-2)5-4-9-7/h3,7-9H,1,4-6H2,2H3. The first-order chi connectivity index (χ1) is 4.86. The molecule has 0 aromatic rings. The Hall–Kier alpha value is -0.380. The Morgan fingerprint density at radius 3 is 3.20 bits per heavy atom. The van der Waals surface area contributed by atoms with Gasteiger partial charge in [-0.3, -0.25) is 5.43 Å². The molecular weight excluding hydrogens is 126 g/mol. The third-order valence-corrected chi connectivity index (χ3v) is 1.81. The van der Waals surface area contributed by atoms with Crippen molar-refractivity contribution in [3.05, 3.63) is 12.7 Å². The fourth-order valence-corrected chi connectivity index (χ4v) is 1.14. The summed E-state index contributed by atoms with van der Waals surface area (Å²) in [6, 6.07) is 0.446. The summed E-state index contributed by atoms with van der Waals surface area (Å²) < 4.78 is 0. The average Bonchev–Trinajstić information content (AvgIpc) is 2.05. The van der Waals surface area contributed by atoms with Crippen molar-refractivity contribution in [2.45, 2.75) is 6.04 Å². The molecule has 0 aromatic carbocycles. The molecule has 0 spiro atoms. The first kappa shape index (κ1) is 7.72. The molecule has 1 heterocycles. The molecule has 2 N–H and O–H groups in total. The predicted molar refractivity (Wildman–Crippen MR) is 42.6 cm³/mol. The molecular formula is C7H15N3. The van der Waals surface area contributed by atoms with Crippen LogP contribution in [-0.4, -0.2) is 37.7 Å². The number of nitrogens with one attached hydrogen (secondary N) is 2. The molecule has 1 fully saturated rings. The minimum atomic E-state index is 0.446. The van der Waals surface area contributed by atoms with Gasteiger partial charge >= 0.3 is 0 Å². The van der Waals surface area contributed by atoms with Gasteiger partial charge in [0.1, 0.15) is 0 Å². The predicted octanol–water partition coefficient (Wildman–Crippen LogP) is -0.419. The van der Waals surface area contributed by atoms with Crippen molar-refractivity contribution >= 4 is 0 Å². The molecule has 0 bridgehead atoms. The fraction of sp³-hybridized carbons (Fsp3) is 0.714. The highest BCUT2D eigenvalue weighted by Gasteiger charge is 2.14. The molecule has 0 aromatic heterocycles. The fourth-order valence-electron chi connectivity index (χ4n) is 1.14. The van der Waals surface area contributed by atoms with Gasteiger partial charge in [-0.25, -0.2) is 5.01 Å². The minimum absolute atomic E-state index is 0.446. The SMILES string of the molecule is C=CC1CN(NC)CCN1. The van der Waals surface area contributed by atoms with Gasteiger partial charge in [0.2, 0.25) is 0 Å². The van der Waals surface area contributed by atoms with Gasteiger partial charge in [-0.05, 0) is 7.05 Å². The van der Waals surface area contributed by atoms with Crippen LogP contribution < -0.4 is 10.7 Å². The summed E-state index contributed by atoms with van der Waals surface area (Å²) in [4.78, 5) is 0. The summed E-state index contributed by atoms with van der Waals surface area (Å²) in [6.07, 6.45) is 1.95. The van der Waals surface area contributed by atoms with E-state index in [4.69, 9.17) is 0 Å². The second kappa shape index (κ2) is 3.71. The summed E-state index contributed by atoms with van der Waals surface area (Å²) in [5.74, 6) is 0. The zero-order valence-corrected chi connectivity index (χ0v) is 6.43. The van der Waals surface area contributed by atoms with Crippen molar-refractivity contribution in [3.8, 4) is 0 Å². The van der Waals surface area contributed by atoms with E-state index < -0.39 is 0 Å². The first-order valence-electron chi connectivity index (χ1n) is 3.65. The van der Waals surface area contributed by atoms with Crippen molar-refractivity contribution in [1.29, 1.82) is 0 Å². The largest absolute Gasteiger partial charge is 0.308 e. The number of hydrazine groups is 1. The van der Waals surface area contributed by atoms with E-state index in [2.05, 4.69) is 22.3 Å². The van der Waals surface area contributed by atoms with Crippen LogP contribution in [0.2, 0.25) is 0 Å². The van der Waals surface area contributed by atoms with Crippen molar-refractivity contribution < 1.29 is 0 Å². The van der Waals surface area contributed by atoms with E-state index >= 15 is 0 Å². The van der Waals surface area contributed by atoms with Crippen LogP contribution in [0.25, 0.3) is 0 Å². The van der Waals surface area contributed by atoms with Crippen LogP contribution in [0.1, 0.15) is 0 Å². The topological polar surface area (TPSA) is 27.3 Å². The maximum absolute atomic E-state index is 3.74. The highest BCUT2D eigenvalue weighted by molar-refractivity contribution is 4.90. The Balaban J connectivity index is 2.31. The lowest BCUT2D eigenvalue weighted by atomic mass is 10.2. The summed E-state index contributed by atoms with van der Waals surface area (Å²) >= 11 is 0. The van der Waals surface area contributed by atoms with Crippen LogP contribution in [0.15, 0.2) is 12.7 Å². The Morgan fingerprint density at radius 2 is 2.60 bits per heavy atom. The maximum Gasteiger partial charge on any atom is 0.0390 e.